The lowest BCUT2D eigenvalue weighted by atomic mass is 10.1. The van der Waals surface area contributed by atoms with E-state index in [2.05, 4.69) is 31.4 Å². The van der Waals surface area contributed by atoms with Gasteiger partial charge in [-0.1, -0.05) is 6.07 Å². The molecule has 25 heavy (non-hydrogen) atoms. The Bertz CT molecular complexity index is 801. The van der Waals surface area contributed by atoms with Gasteiger partial charge >= 0.3 is 0 Å². The predicted octanol–water partition coefficient (Wildman–Crippen LogP) is 3.05. The van der Waals surface area contributed by atoms with Crippen LogP contribution in [0.15, 0.2) is 45.3 Å². The highest BCUT2D eigenvalue weighted by Gasteiger charge is 2.29. The molecule has 8 nitrogen and oxygen atoms in total. The molecule has 0 aliphatic carbocycles. The van der Waals surface area contributed by atoms with E-state index in [0.717, 1.165) is 15.7 Å². The molecule has 0 bridgehead atoms. The fraction of sp³-hybridized carbons (Fsp3) is 0.312. The van der Waals surface area contributed by atoms with Crippen LogP contribution in [0.3, 0.4) is 0 Å². The van der Waals surface area contributed by atoms with Gasteiger partial charge in [-0.25, -0.2) is 9.99 Å². The Balaban J connectivity index is 1.89. The van der Waals surface area contributed by atoms with Crippen molar-refractivity contribution in [2.45, 2.75) is 19.9 Å². The highest BCUT2D eigenvalue weighted by molar-refractivity contribution is 9.10. The second-order valence-corrected chi connectivity index (χ2v) is 6.26. The van der Waals surface area contributed by atoms with Crippen LogP contribution in [0.1, 0.15) is 11.3 Å². The fourth-order valence-corrected chi connectivity index (χ4v) is 2.60. The minimum atomic E-state index is -0.987. The number of methoxy groups -OCH3 is 1. The summed E-state index contributed by atoms with van der Waals surface area (Å²) in [4.78, 5) is 4.37. The summed E-state index contributed by atoms with van der Waals surface area (Å²) in [6.07, 6.45) is -0.987. The number of ether oxygens (including phenoxy) is 2. The topological polar surface area (TPSA) is 82.8 Å². The molecule has 132 valence electrons. The molecule has 0 amide bonds. The van der Waals surface area contributed by atoms with Crippen molar-refractivity contribution < 1.29 is 14.6 Å². The van der Waals surface area contributed by atoms with Crippen LogP contribution in [0.5, 0.6) is 11.6 Å². The number of anilines is 1. The van der Waals surface area contributed by atoms with Crippen molar-refractivity contribution in [1.29, 1.82) is 0 Å². The van der Waals surface area contributed by atoms with E-state index in [9.17, 15) is 5.11 Å². The summed E-state index contributed by atoms with van der Waals surface area (Å²) in [6, 6.07) is 9.13. The third kappa shape index (κ3) is 3.52. The number of aliphatic hydroxyl groups is 1. The highest BCUT2D eigenvalue weighted by atomic mass is 79.9. The first-order chi connectivity index (χ1) is 12.0. The number of benzene rings is 1. The number of hydrogen-bond donors (Lipinski definition) is 1. The lowest BCUT2D eigenvalue weighted by Gasteiger charge is -2.23. The Hall–Kier alpha value is -2.39. The quantitative estimate of drug-likeness (QED) is 0.819. The largest absolute Gasteiger partial charge is 0.496 e. The molecule has 9 heteroatoms. The van der Waals surface area contributed by atoms with Gasteiger partial charge in [0.05, 0.1) is 24.1 Å². The zero-order chi connectivity index (χ0) is 18.0. The van der Waals surface area contributed by atoms with Gasteiger partial charge in [0.2, 0.25) is 12.2 Å². The van der Waals surface area contributed by atoms with Crippen LogP contribution in [0.2, 0.25) is 0 Å². The second kappa shape index (κ2) is 7.24. The minimum absolute atomic E-state index is 0.204. The van der Waals surface area contributed by atoms with E-state index in [4.69, 9.17) is 9.47 Å². The standard InChI is InChI=1S/C16H18BrN5O3/c1-10-12(17)7-8-15(18-10)25-9-11-13(5-4-6-14(11)24-3)22-16(23)21(2)19-20-22/h4-8,16,23H,9H2,1-3H3. The number of aryl methyl sites for hydroxylation is 1. The maximum atomic E-state index is 10.2. The van der Waals surface area contributed by atoms with Gasteiger partial charge < -0.3 is 14.6 Å². The predicted molar refractivity (Wildman–Crippen MR) is 95.1 cm³/mol. The molecule has 0 spiro atoms. The van der Waals surface area contributed by atoms with Gasteiger partial charge in [-0.15, -0.1) is 0 Å². The number of halogens is 1. The molecule has 1 atom stereocenters. The van der Waals surface area contributed by atoms with E-state index < -0.39 is 6.35 Å². The van der Waals surface area contributed by atoms with E-state index in [1.807, 2.05) is 31.2 Å². The van der Waals surface area contributed by atoms with Gasteiger partial charge in [0.25, 0.3) is 0 Å². The molecule has 1 aliphatic rings. The number of aromatic nitrogens is 1. The molecule has 2 aromatic rings. The number of aliphatic hydroxyl groups excluding tert-OH is 1. The second-order valence-electron chi connectivity index (χ2n) is 5.41. The smallest absolute Gasteiger partial charge is 0.245 e. The summed E-state index contributed by atoms with van der Waals surface area (Å²) < 4.78 is 12.2. The molecule has 1 aromatic carbocycles. The van der Waals surface area contributed by atoms with E-state index in [0.29, 0.717) is 17.3 Å². The van der Waals surface area contributed by atoms with Crippen molar-refractivity contribution in [3.8, 4) is 11.6 Å². The third-order valence-electron chi connectivity index (χ3n) is 3.77. The van der Waals surface area contributed by atoms with E-state index in [1.54, 1.807) is 20.2 Å². The lowest BCUT2D eigenvalue weighted by molar-refractivity contribution is 0.0456. The number of rotatable bonds is 5. The molecule has 0 saturated heterocycles. The van der Waals surface area contributed by atoms with Gasteiger partial charge in [-0.3, -0.25) is 0 Å². The van der Waals surface area contributed by atoms with Crippen LogP contribution in [0.4, 0.5) is 5.69 Å². The van der Waals surface area contributed by atoms with Crippen LogP contribution in [0.25, 0.3) is 0 Å². The fourth-order valence-electron chi connectivity index (χ4n) is 2.38. The zero-order valence-corrected chi connectivity index (χ0v) is 15.6. The average molecular weight is 408 g/mol. The van der Waals surface area contributed by atoms with Gasteiger partial charge in [0.15, 0.2) is 0 Å². The molecule has 1 unspecified atom stereocenters. The first-order valence-corrected chi connectivity index (χ1v) is 8.34. The van der Waals surface area contributed by atoms with Crippen molar-refractivity contribution in [2.24, 2.45) is 10.4 Å². The normalized spacial score (nSPS) is 16.4. The molecule has 1 N–H and O–H groups in total. The Morgan fingerprint density at radius 1 is 1.24 bits per heavy atom. The molecule has 1 aliphatic heterocycles. The maximum Gasteiger partial charge on any atom is 0.245 e. The Labute approximate surface area is 153 Å². The number of nitrogens with zero attached hydrogens (tertiary/aromatic N) is 5. The summed E-state index contributed by atoms with van der Waals surface area (Å²) in [5.74, 6) is 1.13. The molecular formula is C16H18BrN5O3. The van der Waals surface area contributed by atoms with Crippen LogP contribution >= 0.6 is 15.9 Å². The van der Waals surface area contributed by atoms with Crippen LogP contribution in [-0.2, 0) is 6.61 Å². The molecule has 0 fully saturated rings. The van der Waals surface area contributed by atoms with E-state index in [1.165, 1.54) is 10.0 Å². The molecule has 2 heterocycles. The Morgan fingerprint density at radius 2 is 2.04 bits per heavy atom. The third-order valence-corrected chi connectivity index (χ3v) is 4.60. The van der Waals surface area contributed by atoms with Gasteiger partial charge in [-0.05, 0) is 51.5 Å². The van der Waals surface area contributed by atoms with E-state index >= 15 is 0 Å². The molecule has 1 aromatic heterocycles. The minimum Gasteiger partial charge on any atom is -0.496 e. The maximum absolute atomic E-state index is 10.2. The first kappa shape index (κ1) is 17.4. The van der Waals surface area contributed by atoms with Crippen LogP contribution in [-0.4, -0.2) is 35.6 Å². The SMILES string of the molecule is COc1cccc(N2N=NN(C)C2O)c1COc1ccc(Br)c(C)n1. The summed E-state index contributed by atoms with van der Waals surface area (Å²) >= 11 is 3.42. The van der Waals surface area contributed by atoms with Crippen molar-refractivity contribution in [2.75, 3.05) is 19.2 Å². The molecule has 0 radical (unpaired) electrons. The molecular weight excluding hydrogens is 390 g/mol. The van der Waals surface area contributed by atoms with Crippen molar-refractivity contribution in [3.05, 3.63) is 46.1 Å². The highest BCUT2D eigenvalue weighted by Crippen LogP contribution is 2.33. The van der Waals surface area contributed by atoms with Gasteiger partial charge in [0, 0.05) is 17.6 Å². The van der Waals surface area contributed by atoms with Gasteiger partial charge in [-0.2, -0.15) is 5.01 Å². The Kier molecular flexibility index (Phi) is 5.05. The molecule has 3 rings (SSSR count). The Morgan fingerprint density at radius 3 is 2.68 bits per heavy atom. The van der Waals surface area contributed by atoms with Crippen LogP contribution in [0, 0.1) is 6.92 Å². The van der Waals surface area contributed by atoms with Crippen molar-refractivity contribution >= 4 is 21.6 Å². The van der Waals surface area contributed by atoms with Crippen molar-refractivity contribution in [3.63, 3.8) is 0 Å². The zero-order valence-electron chi connectivity index (χ0n) is 14.0. The average Bonchev–Trinajstić information content (AvgIpc) is 2.94. The number of hydrogen-bond acceptors (Lipinski definition) is 8. The lowest BCUT2D eigenvalue weighted by Crippen LogP contribution is -2.36. The molecule has 0 saturated carbocycles. The summed E-state index contributed by atoms with van der Waals surface area (Å²) in [6.45, 7) is 2.10. The van der Waals surface area contributed by atoms with E-state index in [-0.39, 0.29) is 6.61 Å². The summed E-state index contributed by atoms with van der Waals surface area (Å²) in [5.41, 5.74) is 2.22. The first-order valence-electron chi connectivity index (χ1n) is 7.55. The van der Waals surface area contributed by atoms with Crippen LogP contribution < -0.4 is 14.5 Å². The summed E-state index contributed by atoms with van der Waals surface area (Å²) in [7, 11) is 3.22. The summed E-state index contributed by atoms with van der Waals surface area (Å²) in [5, 5.41) is 20.8. The number of pyridine rings is 1. The monoisotopic (exact) mass is 407 g/mol. The van der Waals surface area contributed by atoms with Crippen molar-refractivity contribution in [1.82, 2.24) is 9.99 Å². The van der Waals surface area contributed by atoms with Gasteiger partial charge in [0.1, 0.15) is 12.4 Å².